The molecule has 2 heterocycles. The van der Waals surface area contributed by atoms with Gasteiger partial charge in [0.2, 0.25) is 5.91 Å². The number of halogens is 3. The first-order chi connectivity index (χ1) is 10.4. The van der Waals surface area contributed by atoms with Crippen LogP contribution in [0, 0.1) is 0 Å². The Morgan fingerprint density at radius 3 is 2.82 bits per heavy atom. The average Bonchev–Trinajstić information content (AvgIpc) is 3.12. The van der Waals surface area contributed by atoms with E-state index in [9.17, 15) is 18.0 Å². The van der Waals surface area contributed by atoms with Crippen LogP contribution in [0.25, 0.3) is 0 Å². The van der Waals surface area contributed by atoms with Gasteiger partial charge in [0.25, 0.3) is 0 Å². The second kappa shape index (κ2) is 6.54. The summed E-state index contributed by atoms with van der Waals surface area (Å²) in [6.07, 6.45) is -1.52. The number of hydrogen-bond donors (Lipinski definition) is 0. The number of aryl methyl sites for hydroxylation is 1. The molecular weight excluding hydrogens is 305 g/mol. The van der Waals surface area contributed by atoms with Crippen LogP contribution in [-0.4, -0.2) is 49.3 Å². The summed E-state index contributed by atoms with van der Waals surface area (Å²) in [6, 6.07) is 0. The SMILES string of the molecule is CN(CCc1noc(C(F)(F)F)n1)C(=O)CCn1cncn1. The van der Waals surface area contributed by atoms with Gasteiger partial charge < -0.3 is 9.42 Å². The molecule has 1 amide bonds. The Kier molecular flexibility index (Phi) is 4.73. The fourth-order valence-corrected chi connectivity index (χ4v) is 1.61. The molecular formula is C11H13F3N6O2. The van der Waals surface area contributed by atoms with Gasteiger partial charge in [0.05, 0.1) is 6.54 Å². The summed E-state index contributed by atoms with van der Waals surface area (Å²) in [4.78, 5) is 20.2. The molecule has 8 nitrogen and oxygen atoms in total. The van der Waals surface area contributed by atoms with Crippen LogP contribution in [0.15, 0.2) is 17.2 Å². The molecule has 120 valence electrons. The van der Waals surface area contributed by atoms with Gasteiger partial charge >= 0.3 is 12.1 Å². The quantitative estimate of drug-likeness (QED) is 0.781. The van der Waals surface area contributed by atoms with E-state index in [0.29, 0.717) is 6.54 Å². The topological polar surface area (TPSA) is 89.9 Å². The number of carbonyl (C=O) groups excluding carboxylic acids is 1. The minimum absolute atomic E-state index is 0.0745. The van der Waals surface area contributed by atoms with Gasteiger partial charge in [-0.15, -0.1) is 0 Å². The summed E-state index contributed by atoms with van der Waals surface area (Å²) in [7, 11) is 1.55. The highest BCUT2D eigenvalue weighted by molar-refractivity contribution is 5.75. The van der Waals surface area contributed by atoms with E-state index in [0.717, 1.165) is 0 Å². The highest BCUT2D eigenvalue weighted by atomic mass is 19.4. The van der Waals surface area contributed by atoms with Crippen LogP contribution in [0.1, 0.15) is 18.1 Å². The van der Waals surface area contributed by atoms with Crippen molar-refractivity contribution in [2.45, 2.75) is 25.6 Å². The molecule has 0 radical (unpaired) electrons. The maximum atomic E-state index is 12.3. The van der Waals surface area contributed by atoms with E-state index in [-0.39, 0.29) is 31.1 Å². The number of likely N-dealkylation sites (N-methyl/N-ethyl adjacent to an activating group) is 1. The van der Waals surface area contributed by atoms with Crippen LogP contribution >= 0.6 is 0 Å². The van der Waals surface area contributed by atoms with Gasteiger partial charge in [0.15, 0.2) is 5.82 Å². The van der Waals surface area contributed by atoms with Crippen molar-refractivity contribution in [1.82, 2.24) is 29.8 Å². The van der Waals surface area contributed by atoms with Crippen LogP contribution in [0.4, 0.5) is 13.2 Å². The van der Waals surface area contributed by atoms with Gasteiger partial charge in [-0.1, -0.05) is 5.16 Å². The summed E-state index contributed by atoms with van der Waals surface area (Å²) in [6.45, 7) is 0.566. The third kappa shape index (κ3) is 4.27. The molecule has 2 aromatic rings. The Bertz CT molecular complexity index is 610. The molecule has 0 unspecified atom stereocenters. The smallest absolute Gasteiger partial charge is 0.345 e. The second-order valence-electron chi connectivity index (χ2n) is 4.49. The van der Waals surface area contributed by atoms with Crippen molar-refractivity contribution in [3.63, 3.8) is 0 Å². The number of alkyl halides is 3. The second-order valence-corrected chi connectivity index (χ2v) is 4.49. The van der Waals surface area contributed by atoms with E-state index in [1.54, 1.807) is 7.05 Å². The molecule has 0 atom stereocenters. The normalized spacial score (nSPS) is 11.6. The largest absolute Gasteiger partial charge is 0.471 e. The fourth-order valence-electron chi connectivity index (χ4n) is 1.61. The number of nitrogens with zero attached hydrogens (tertiary/aromatic N) is 6. The fraction of sp³-hybridized carbons (Fsp3) is 0.545. The molecule has 2 rings (SSSR count). The molecule has 2 aromatic heterocycles. The van der Waals surface area contributed by atoms with Crippen molar-refractivity contribution in [3.05, 3.63) is 24.4 Å². The molecule has 0 saturated carbocycles. The van der Waals surface area contributed by atoms with Gasteiger partial charge in [-0.3, -0.25) is 9.48 Å². The minimum atomic E-state index is -4.66. The number of hydrogen-bond acceptors (Lipinski definition) is 6. The van der Waals surface area contributed by atoms with Crippen molar-refractivity contribution < 1.29 is 22.5 Å². The van der Waals surface area contributed by atoms with Crippen LogP contribution < -0.4 is 0 Å². The third-order valence-corrected chi connectivity index (χ3v) is 2.83. The first-order valence-corrected chi connectivity index (χ1v) is 6.32. The highest BCUT2D eigenvalue weighted by Gasteiger charge is 2.38. The highest BCUT2D eigenvalue weighted by Crippen LogP contribution is 2.27. The molecule has 0 saturated heterocycles. The lowest BCUT2D eigenvalue weighted by Gasteiger charge is -2.15. The van der Waals surface area contributed by atoms with Crippen molar-refractivity contribution in [2.75, 3.05) is 13.6 Å². The van der Waals surface area contributed by atoms with Gasteiger partial charge in [0, 0.05) is 26.4 Å². The summed E-state index contributed by atoms with van der Waals surface area (Å²) in [5.74, 6) is -1.65. The van der Waals surface area contributed by atoms with Gasteiger partial charge in [-0.05, 0) is 0 Å². The van der Waals surface area contributed by atoms with E-state index < -0.39 is 12.1 Å². The predicted octanol–water partition coefficient (Wildman–Crippen LogP) is 0.771. The maximum Gasteiger partial charge on any atom is 0.471 e. The lowest BCUT2D eigenvalue weighted by molar-refractivity contribution is -0.159. The summed E-state index contributed by atoms with van der Waals surface area (Å²) < 4.78 is 42.5. The van der Waals surface area contributed by atoms with E-state index in [2.05, 4.69) is 24.7 Å². The lowest BCUT2D eigenvalue weighted by Crippen LogP contribution is -2.29. The lowest BCUT2D eigenvalue weighted by atomic mass is 10.3. The molecule has 0 fully saturated rings. The first kappa shape index (κ1) is 15.9. The Balaban J connectivity index is 1.78. The molecule has 0 spiro atoms. The number of amides is 1. The summed E-state index contributed by atoms with van der Waals surface area (Å²) in [5, 5.41) is 7.10. The van der Waals surface area contributed by atoms with Crippen molar-refractivity contribution >= 4 is 5.91 Å². The Hall–Kier alpha value is -2.46. The minimum Gasteiger partial charge on any atom is -0.345 e. The molecule has 0 aliphatic carbocycles. The third-order valence-electron chi connectivity index (χ3n) is 2.83. The van der Waals surface area contributed by atoms with E-state index in [4.69, 9.17) is 0 Å². The van der Waals surface area contributed by atoms with E-state index in [1.165, 1.54) is 22.2 Å². The maximum absolute atomic E-state index is 12.3. The Labute approximate surface area is 122 Å². The standard InChI is InChI=1S/C11H13F3N6O2/c1-19(9(21)3-5-20-7-15-6-16-20)4-2-8-17-10(22-18-8)11(12,13)14/h6-7H,2-5H2,1H3. The molecule has 22 heavy (non-hydrogen) atoms. The molecule has 0 aromatic carbocycles. The van der Waals surface area contributed by atoms with Gasteiger partial charge in [0.1, 0.15) is 12.7 Å². The zero-order valence-corrected chi connectivity index (χ0v) is 11.6. The predicted molar refractivity (Wildman–Crippen MR) is 65.3 cm³/mol. The van der Waals surface area contributed by atoms with Crippen LogP contribution in [0.2, 0.25) is 0 Å². The van der Waals surface area contributed by atoms with Crippen LogP contribution in [0.5, 0.6) is 0 Å². The average molecular weight is 318 g/mol. The number of rotatable bonds is 6. The molecule has 0 aliphatic rings. The first-order valence-electron chi connectivity index (χ1n) is 6.32. The van der Waals surface area contributed by atoms with E-state index >= 15 is 0 Å². The number of aromatic nitrogens is 5. The molecule has 0 N–H and O–H groups in total. The molecule has 0 aliphatic heterocycles. The Morgan fingerprint density at radius 2 is 2.23 bits per heavy atom. The summed E-state index contributed by atoms with van der Waals surface area (Å²) in [5.41, 5.74) is 0. The monoisotopic (exact) mass is 318 g/mol. The van der Waals surface area contributed by atoms with Crippen LogP contribution in [-0.2, 0) is 23.9 Å². The zero-order valence-electron chi connectivity index (χ0n) is 11.6. The van der Waals surface area contributed by atoms with Crippen molar-refractivity contribution in [3.8, 4) is 0 Å². The summed E-state index contributed by atoms with van der Waals surface area (Å²) >= 11 is 0. The van der Waals surface area contributed by atoms with Crippen molar-refractivity contribution in [1.29, 1.82) is 0 Å². The van der Waals surface area contributed by atoms with Gasteiger partial charge in [-0.2, -0.15) is 23.3 Å². The Morgan fingerprint density at radius 1 is 1.45 bits per heavy atom. The zero-order chi connectivity index (χ0) is 16.2. The van der Waals surface area contributed by atoms with E-state index in [1.807, 2.05) is 0 Å². The molecule has 11 heteroatoms. The molecule has 0 bridgehead atoms. The van der Waals surface area contributed by atoms with Crippen molar-refractivity contribution in [2.24, 2.45) is 0 Å². The number of carbonyl (C=O) groups is 1. The van der Waals surface area contributed by atoms with Gasteiger partial charge in [-0.25, -0.2) is 4.98 Å². The van der Waals surface area contributed by atoms with Crippen LogP contribution in [0.3, 0.4) is 0 Å².